The van der Waals surface area contributed by atoms with Gasteiger partial charge in [0, 0.05) is 86.9 Å². The molecule has 0 bridgehead atoms. The average molecular weight is 938 g/mol. The Labute approximate surface area is 418 Å². The van der Waals surface area contributed by atoms with E-state index in [1.165, 1.54) is 114 Å². The Morgan fingerprint density at radius 1 is 0.403 bits per heavy atom. The lowest BCUT2D eigenvalue weighted by atomic mass is 9.79. The molecule has 0 saturated heterocycles. The van der Waals surface area contributed by atoms with Crippen LogP contribution < -0.4 is 0 Å². The third kappa shape index (κ3) is 5.51. The van der Waals surface area contributed by atoms with Crippen LogP contribution in [0.1, 0.15) is 29.3 Å². The summed E-state index contributed by atoms with van der Waals surface area (Å²) in [5.74, 6) is 0. The first-order chi connectivity index (χ1) is 35.6. The second-order valence-corrected chi connectivity index (χ2v) is 20.8. The average Bonchev–Trinajstić information content (AvgIpc) is 4.25. The van der Waals surface area contributed by atoms with E-state index >= 15 is 0 Å². The molecule has 0 N–H and O–H groups in total. The molecule has 338 valence electrons. The van der Waals surface area contributed by atoms with Gasteiger partial charge in [-0.05, 0) is 120 Å². The predicted octanol–water partition coefficient (Wildman–Crippen LogP) is 18.5. The van der Waals surface area contributed by atoms with Crippen molar-refractivity contribution in [3.05, 3.63) is 240 Å². The minimum Gasteiger partial charge on any atom is -0.456 e. The molecule has 1 aliphatic rings. The molecule has 4 nitrogen and oxygen atoms in total. The number of nitrogens with zero attached hydrogens (tertiary/aromatic N) is 3. The molecule has 0 radical (unpaired) electrons. The molecule has 1 atom stereocenters. The zero-order valence-electron chi connectivity index (χ0n) is 39.3. The second kappa shape index (κ2) is 14.8. The van der Waals surface area contributed by atoms with Crippen LogP contribution >= 0.6 is 11.3 Å². The van der Waals surface area contributed by atoms with Crippen LogP contribution in [-0.4, -0.2) is 13.7 Å². The quantitative estimate of drug-likeness (QED) is 0.169. The molecule has 16 rings (SSSR count). The van der Waals surface area contributed by atoms with E-state index in [-0.39, 0.29) is 0 Å². The summed E-state index contributed by atoms with van der Waals surface area (Å²) in [7, 11) is 0. The van der Waals surface area contributed by atoms with Crippen LogP contribution in [0.25, 0.3) is 132 Å². The molecule has 72 heavy (non-hydrogen) atoms. The molecular formula is C67H43N3OS. The highest BCUT2D eigenvalue weighted by molar-refractivity contribution is 7.20. The summed E-state index contributed by atoms with van der Waals surface area (Å²) in [5, 5.41) is 11.1. The fraction of sp³-hybridized carbons (Fsp3) is 0.0448. The van der Waals surface area contributed by atoms with Crippen LogP contribution in [0.2, 0.25) is 0 Å². The maximum Gasteiger partial charge on any atom is 0.135 e. The van der Waals surface area contributed by atoms with Gasteiger partial charge in [0.25, 0.3) is 0 Å². The first kappa shape index (κ1) is 39.9. The number of furan rings is 1. The molecule has 0 fully saturated rings. The van der Waals surface area contributed by atoms with Gasteiger partial charge < -0.3 is 18.1 Å². The highest BCUT2D eigenvalue weighted by Crippen LogP contribution is 2.54. The largest absolute Gasteiger partial charge is 0.456 e. The molecule has 10 aromatic carbocycles. The van der Waals surface area contributed by atoms with Crippen LogP contribution in [-0.2, 0) is 5.54 Å². The van der Waals surface area contributed by atoms with Gasteiger partial charge in [-0.25, -0.2) is 0 Å². The lowest BCUT2D eigenvalue weighted by Gasteiger charge is -2.37. The van der Waals surface area contributed by atoms with Gasteiger partial charge in [0.1, 0.15) is 11.2 Å². The highest BCUT2D eigenvalue weighted by atomic mass is 32.1. The zero-order chi connectivity index (χ0) is 47.2. The number of fused-ring (bicyclic) bond motifs is 15. The van der Waals surface area contributed by atoms with Crippen molar-refractivity contribution in [2.75, 3.05) is 0 Å². The van der Waals surface area contributed by atoms with Gasteiger partial charge in [-0.15, -0.1) is 11.3 Å². The maximum atomic E-state index is 6.26. The number of thiophene rings is 1. The van der Waals surface area contributed by atoms with Crippen LogP contribution in [0.3, 0.4) is 0 Å². The predicted molar refractivity (Wildman–Crippen MR) is 304 cm³/mol. The fourth-order valence-electron chi connectivity index (χ4n) is 12.7. The van der Waals surface area contributed by atoms with Crippen molar-refractivity contribution in [3.63, 3.8) is 0 Å². The van der Waals surface area contributed by atoms with E-state index in [1.807, 2.05) is 17.4 Å². The molecule has 0 amide bonds. The third-order valence-corrected chi connectivity index (χ3v) is 17.3. The van der Waals surface area contributed by atoms with Gasteiger partial charge in [0.2, 0.25) is 0 Å². The Kier molecular flexibility index (Phi) is 8.21. The maximum absolute atomic E-state index is 6.26. The Morgan fingerprint density at radius 2 is 0.931 bits per heavy atom. The van der Waals surface area contributed by atoms with Gasteiger partial charge in [-0.1, -0.05) is 146 Å². The summed E-state index contributed by atoms with van der Waals surface area (Å²) < 4.78 is 15.1. The summed E-state index contributed by atoms with van der Waals surface area (Å²) in [5.41, 5.74) is 17.3. The van der Waals surface area contributed by atoms with E-state index in [0.717, 1.165) is 34.0 Å². The summed E-state index contributed by atoms with van der Waals surface area (Å²) in [6.07, 6.45) is 3.35. The molecule has 0 saturated carbocycles. The van der Waals surface area contributed by atoms with Gasteiger partial charge in [-0.3, -0.25) is 0 Å². The smallest absolute Gasteiger partial charge is 0.135 e. The van der Waals surface area contributed by atoms with E-state index in [1.54, 1.807) is 0 Å². The van der Waals surface area contributed by atoms with E-state index in [9.17, 15) is 0 Å². The molecule has 0 aliphatic heterocycles. The Balaban J connectivity index is 0.908. The van der Waals surface area contributed by atoms with E-state index in [4.69, 9.17) is 4.42 Å². The standard InChI is InChI=1S/C67H43N3OS/c1-67(70-61-29-11-5-20-49(61)50-21-6-12-30-62(50)70)40-43(41-16-14-17-44(36-41)68-57-26-8-2-18-47(57)48-19-3-9-27-58(48)68)38-56-53-25-15-24-46(65(53)72-66(56)67)42-32-34-60-54(37-42)51-22-4-10-28-59(51)69(60)45-33-35-64-55(39-45)52-23-7-13-31-63(52)71-64/h2-39H,40H2,1H3. The lowest BCUT2D eigenvalue weighted by Crippen LogP contribution is -2.33. The summed E-state index contributed by atoms with van der Waals surface area (Å²) in [6.45, 7) is 2.49. The first-order valence-corrected chi connectivity index (χ1v) is 25.7. The number of rotatable bonds is 5. The zero-order valence-corrected chi connectivity index (χ0v) is 40.1. The van der Waals surface area contributed by atoms with Crippen LogP contribution in [0, 0.1) is 0 Å². The molecule has 1 unspecified atom stereocenters. The number of hydrogen-bond acceptors (Lipinski definition) is 2. The molecular weight excluding hydrogens is 895 g/mol. The Bertz CT molecular complexity index is 4710. The van der Waals surface area contributed by atoms with E-state index in [0.29, 0.717) is 0 Å². The molecule has 1 aliphatic carbocycles. The third-order valence-electron chi connectivity index (χ3n) is 15.8. The van der Waals surface area contributed by atoms with Crippen molar-refractivity contribution in [3.8, 4) is 22.5 Å². The molecule has 5 heteroatoms. The van der Waals surface area contributed by atoms with Crippen molar-refractivity contribution >= 4 is 120 Å². The molecule has 5 heterocycles. The van der Waals surface area contributed by atoms with E-state index < -0.39 is 5.54 Å². The van der Waals surface area contributed by atoms with Crippen molar-refractivity contribution in [2.24, 2.45) is 0 Å². The topological polar surface area (TPSA) is 27.9 Å². The summed E-state index contributed by atoms with van der Waals surface area (Å²) >= 11 is 1.97. The minimum atomic E-state index is -0.426. The number of allylic oxidation sites excluding steroid dienone is 1. The van der Waals surface area contributed by atoms with Gasteiger partial charge in [-0.2, -0.15) is 0 Å². The van der Waals surface area contributed by atoms with Gasteiger partial charge in [0.15, 0.2) is 0 Å². The van der Waals surface area contributed by atoms with Crippen molar-refractivity contribution < 1.29 is 4.42 Å². The number of aromatic nitrogens is 3. The minimum absolute atomic E-state index is 0.426. The highest BCUT2D eigenvalue weighted by Gasteiger charge is 2.40. The van der Waals surface area contributed by atoms with Crippen molar-refractivity contribution in [2.45, 2.75) is 18.9 Å². The first-order valence-electron chi connectivity index (χ1n) is 24.9. The molecule has 0 spiro atoms. The van der Waals surface area contributed by atoms with Gasteiger partial charge >= 0.3 is 0 Å². The number of hydrogen-bond donors (Lipinski definition) is 0. The van der Waals surface area contributed by atoms with Crippen molar-refractivity contribution in [1.82, 2.24) is 13.7 Å². The molecule has 15 aromatic rings. The second-order valence-electron chi connectivity index (χ2n) is 19.8. The monoisotopic (exact) mass is 937 g/mol. The van der Waals surface area contributed by atoms with Crippen LogP contribution in [0.4, 0.5) is 0 Å². The summed E-state index contributed by atoms with van der Waals surface area (Å²) in [4.78, 5) is 1.39. The number of para-hydroxylation sites is 6. The van der Waals surface area contributed by atoms with E-state index in [2.05, 4.69) is 245 Å². The van der Waals surface area contributed by atoms with Crippen molar-refractivity contribution in [1.29, 1.82) is 0 Å². The summed E-state index contributed by atoms with van der Waals surface area (Å²) in [6, 6.07) is 82.7. The van der Waals surface area contributed by atoms with Gasteiger partial charge in [0.05, 0.1) is 27.6 Å². The van der Waals surface area contributed by atoms with Crippen LogP contribution in [0.15, 0.2) is 229 Å². The molecule has 5 aromatic heterocycles. The lowest BCUT2D eigenvalue weighted by molar-refractivity contribution is 0.434. The SMILES string of the molecule is CC1(n2c3ccccc3c3ccccc32)CC(c2cccc(-n3c4ccccc4c4ccccc43)c2)=Cc2c1sc1c(-c3ccc4c(c3)c3ccccc3n4-c3ccc4oc5ccccc5c4c3)cccc21. The Morgan fingerprint density at radius 3 is 1.61 bits per heavy atom. The number of benzene rings is 10. The van der Waals surface area contributed by atoms with Crippen LogP contribution in [0.5, 0.6) is 0 Å². The normalized spacial score (nSPS) is 15.1. The fourth-order valence-corrected chi connectivity index (χ4v) is 14.2. The Hall–Kier alpha value is -8.90.